The second kappa shape index (κ2) is 5.98. The van der Waals surface area contributed by atoms with Crippen molar-refractivity contribution in [3.8, 4) is 0 Å². The maximum absolute atomic E-state index is 13.2. The molecule has 0 bridgehead atoms. The molecule has 1 aliphatic rings. The number of nitrogens with one attached hydrogen (secondary N) is 2. The smallest absolute Gasteiger partial charge is 0.272 e. The number of anilines is 1. The van der Waals surface area contributed by atoms with Crippen molar-refractivity contribution < 1.29 is 14.0 Å². The lowest BCUT2D eigenvalue weighted by Gasteiger charge is -2.23. The lowest BCUT2D eigenvalue weighted by Crippen LogP contribution is -2.42. The van der Waals surface area contributed by atoms with E-state index in [9.17, 15) is 14.0 Å². The Morgan fingerprint density at radius 3 is 2.84 bits per heavy atom. The summed E-state index contributed by atoms with van der Waals surface area (Å²) in [6, 6.07) is 2.67. The van der Waals surface area contributed by atoms with Gasteiger partial charge in [-0.15, -0.1) is 0 Å². The summed E-state index contributed by atoms with van der Waals surface area (Å²) in [6.07, 6.45) is 2.62. The molecule has 0 spiro atoms. The molecule has 0 atom stereocenters. The van der Waals surface area contributed by atoms with E-state index in [1.165, 1.54) is 12.3 Å². The standard InChI is InChI=1S/C18H21FN4O2/c1-10-14-12(5-7-18(2,3)22-16(14)24)15(23(10)4)17(25)21-11-6-8-20-13(19)9-11/h6,8-9H,5,7H2,1-4H3,(H,22,24)(H,20,21,25). The number of nitrogens with zero attached hydrogens (tertiary/aromatic N) is 2. The molecule has 2 aromatic rings. The van der Waals surface area contributed by atoms with Gasteiger partial charge in [0.1, 0.15) is 5.69 Å². The van der Waals surface area contributed by atoms with Crippen molar-refractivity contribution in [2.45, 2.75) is 39.2 Å². The fraction of sp³-hybridized carbons (Fsp3) is 0.389. The average molecular weight is 344 g/mol. The van der Waals surface area contributed by atoms with Crippen LogP contribution in [0.2, 0.25) is 0 Å². The van der Waals surface area contributed by atoms with Gasteiger partial charge in [0.25, 0.3) is 11.8 Å². The predicted molar refractivity (Wildman–Crippen MR) is 92.2 cm³/mol. The number of rotatable bonds is 2. The Morgan fingerprint density at radius 2 is 2.16 bits per heavy atom. The van der Waals surface area contributed by atoms with Crippen LogP contribution in [0.4, 0.5) is 10.1 Å². The number of halogens is 1. The molecule has 3 heterocycles. The van der Waals surface area contributed by atoms with Gasteiger partial charge in [-0.25, -0.2) is 4.98 Å². The predicted octanol–water partition coefficient (Wildman–Crippen LogP) is 2.57. The molecule has 2 amide bonds. The van der Waals surface area contributed by atoms with E-state index in [4.69, 9.17) is 0 Å². The van der Waals surface area contributed by atoms with E-state index >= 15 is 0 Å². The highest BCUT2D eigenvalue weighted by Crippen LogP contribution is 2.29. The molecule has 132 valence electrons. The van der Waals surface area contributed by atoms with Gasteiger partial charge >= 0.3 is 0 Å². The van der Waals surface area contributed by atoms with Crippen molar-refractivity contribution in [3.63, 3.8) is 0 Å². The van der Waals surface area contributed by atoms with Crippen molar-refractivity contribution >= 4 is 17.5 Å². The molecule has 0 unspecified atom stereocenters. The zero-order valence-corrected chi connectivity index (χ0v) is 14.7. The highest BCUT2D eigenvalue weighted by Gasteiger charge is 2.33. The van der Waals surface area contributed by atoms with Crippen molar-refractivity contribution in [1.82, 2.24) is 14.9 Å². The first-order chi connectivity index (χ1) is 11.7. The number of pyridine rings is 1. The molecule has 2 aromatic heterocycles. The van der Waals surface area contributed by atoms with E-state index in [0.29, 0.717) is 23.4 Å². The van der Waals surface area contributed by atoms with Crippen LogP contribution in [-0.2, 0) is 13.5 Å². The summed E-state index contributed by atoms with van der Waals surface area (Å²) in [5.41, 5.74) is 2.43. The molecule has 0 aromatic carbocycles. The Labute approximate surface area is 145 Å². The van der Waals surface area contributed by atoms with E-state index in [1.54, 1.807) is 11.6 Å². The summed E-state index contributed by atoms with van der Waals surface area (Å²) in [4.78, 5) is 28.9. The minimum atomic E-state index is -0.666. The van der Waals surface area contributed by atoms with Crippen LogP contribution in [-0.4, -0.2) is 26.9 Å². The zero-order valence-electron chi connectivity index (χ0n) is 14.7. The number of aromatic nitrogens is 2. The van der Waals surface area contributed by atoms with E-state index in [2.05, 4.69) is 15.6 Å². The number of carbonyl (C=O) groups excluding carboxylic acids is 2. The van der Waals surface area contributed by atoms with Crippen LogP contribution in [0, 0.1) is 12.9 Å². The molecule has 25 heavy (non-hydrogen) atoms. The van der Waals surface area contributed by atoms with Crippen molar-refractivity contribution in [2.75, 3.05) is 5.32 Å². The van der Waals surface area contributed by atoms with Gasteiger partial charge in [-0.05, 0) is 45.2 Å². The number of carbonyl (C=O) groups is 2. The summed E-state index contributed by atoms with van der Waals surface area (Å²) in [5, 5.41) is 5.70. The van der Waals surface area contributed by atoms with Crippen LogP contribution < -0.4 is 10.6 Å². The van der Waals surface area contributed by atoms with Crippen LogP contribution in [0.15, 0.2) is 18.3 Å². The lowest BCUT2D eigenvalue weighted by molar-refractivity contribution is 0.0914. The van der Waals surface area contributed by atoms with Crippen LogP contribution in [0.1, 0.15) is 52.4 Å². The maximum Gasteiger partial charge on any atom is 0.272 e. The molecular formula is C18H21FN4O2. The summed E-state index contributed by atoms with van der Waals surface area (Å²) in [6.45, 7) is 5.75. The largest absolute Gasteiger partial charge is 0.347 e. The summed E-state index contributed by atoms with van der Waals surface area (Å²) in [7, 11) is 1.75. The minimum Gasteiger partial charge on any atom is -0.347 e. The van der Waals surface area contributed by atoms with Crippen LogP contribution in [0.5, 0.6) is 0 Å². The molecule has 3 rings (SSSR count). The second-order valence-corrected chi connectivity index (χ2v) is 7.01. The van der Waals surface area contributed by atoms with Gasteiger partial charge in [0.15, 0.2) is 0 Å². The van der Waals surface area contributed by atoms with Crippen LogP contribution in [0.3, 0.4) is 0 Å². The monoisotopic (exact) mass is 344 g/mol. The lowest BCUT2D eigenvalue weighted by atomic mass is 9.96. The fourth-order valence-corrected chi connectivity index (χ4v) is 3.25. The molecular weight excluding hydrogens is 323 g/mol. The highest BCUT2D eigenvalue weighted by molar-refractivity contribution is 6.08. The SMILES string of the molecule is Cc1c2c(c(C(=O)Nc3ccnc(F)c3)n1C)CCC(C)(C)NC2=O. The topological polar surface area (TPSA) is 76.0 Å². The number of hydrogen-bond acceptors (Lipinski definition) is 3. The first-order valence-corrected chi connectivity index (χ1v) is 8.13. The summed E-state index contributed by atoms with van der Waals surface area (Å²) >= 11 is 0. The van der Waals surface area contributed by atoms with Crippen LogP contribution >= 0.6 is 0 Å². The van der Waals surface area contributed by atoms with Gasteiger partial charge in [0.05, 0.1) is 5.56 Å². The zero-order chi connectivity index (χ0) is 18.4. The van der Waals surface area contributed by atoms with E-state index in [0.717, 1.165) is 23.7 Å². The number of hydrogen-bond donors (Lipinski definition) is 2. The normalized spacial score (nSPS) is 16.0. The quantitative estimate of drug-likeness (QED) is 0.822. The Morgan fingerprint density at radius 1 is 1.44 bits per heavy atom. The van der Waals surface area contributed by atoms with Gasteiger partial charge in [0, 0.05) is 36.2 Å². The average Bonchev–Trinajstić information content (AvgIpc) is 2.69. The molecule has 0 aliphatic carbocycles. The Hall–Kier alpha value is -2.70. The third-order valence-electron chi connectivity index (χ3n) is 4.67. The minimum absolute atomic E-state index is 0.167. The highest BCUT2D eigenvalue weighted by atomic mass is 19.1. The Kier molecular flexibility index (Phi) is 4.10. The molecule has 0 saturated carbocycles. The molecule has 0 saturated heterocycles. The van der Waals surface area contributed by atoms with Crippen molar-refractivity contribution in [1.29, 1.82) is 0 Å². The molecule has 2 N–H and O–H groups in total. The van der Waals surface area contributed by atoms with Gasteiger partial charge in [-0.1, -0.05) is 0 Å². The second-order valence-electron chi connectivity index (χ2n) is 7.01. The van der Waals surface area contributed by atoms with Gasteiger partial charge in [-0.3, -0.25) is 9.59 Å². The van der Waals surface area contributed by atoms with Gasteiger partial charge in [-0.2, -0.15) is 4.39 Å². The van der Waals surface area contributed by atoms with E-state index in [1.807, 2.05) is 20.8 Å². The van der Waals surface area contributed by atoms with Gasteiger partial charge in [0.2, 0.25) is 5.95 Å². The number of fused-ring (bicyclic) bond motifs is 1. The van der Waals surface area contributed by atoms with E-state index < -0.39 is 5.95 Å². The Bertz CT molecular complexity index is 870. The van der Waals surface area contributed by atoms with Crippen molar-refractivity contribution in [3.05, 3.63) is 46.8 Å². The summed E-state index contributed by atoms with van der Waals surface area (Å²) in [5.74, 6) is -1.20. The molecule has 6 nitrogen and oxygen atoms in total. The molecule has 0 radical (unpaired) electrons. The third kappa shape index (κ3) is 3.14. The Balaban J connectivity index is 2.02. The molecule has 7 heteroatoms. The molecule has 1 aliphatic heterocycles. The number of amides is 2. The van der Waals surface area contributed by atoms with Gasteiger partial charge < -0.3 is 15.2 Å². The van der Waals surface area contributed by atoms with Crippen molar-refractivity contribution in [2.24, 2.45) is 7.05 Å². The fourth-order valence-electron chi connectivity index (χ4n) is 3.25. The first-order valence-electron chi connectivity index (χ1n) is 8.13. The molecule has 0 fully saturated rings. The summed E-state index contributed by atoms with van der Waals surface area (Å²) < 4.78 is 15.0. The first kappa shape index (κ1) is 17.1. The van der Waals surface area contributed by atoms with Crippen LogP contribution in [0.25, 0.3) is 0 Å². The maximum atomic E-state index is 13.2. The van der Waals surface area contributed by atoms with E-state index in [-0.39, 0.29) is 17.4 Å². The third-order valence-corrected chi connectivity index (χ3v) is 4.67.